The van der Waals surface area contributed by atoms with E-state index >= 15 is 0 Å². The van der Waals surface area contributed by atoms with Gasteiger partial charge in [0.1, 0.15) is 0 Å². The highest BCUT2D eigenvalue weighted by Gasteiger charge is 2.51. The maximum absolute atomic E-state index is 13.1. The minimum Gasteiger partial charge on any atom is -0.341 e. The molecule has 4 fully saturated rings. The second kappa shape index (κ2) is 7.11. The van der Waals surface area contributed by atoms with Crippen LogP contribution in [0.15, 0.2) is 29.2 Å². The molecule has 6 nitrogen and oxygen atoms in total. The molecule has 1 aromatic rings. The largest absolute Gasteiger partial charge is 0.341 e. The van der Waals surface area contributed by atoms with Crippen molar-refractivity contribution >= 4 is 15.9 Å². The summed E-state index contributed by atoms with van der Waals surface area (Å²) in [6, 6.07) is 6.23. The first kappa shape index (κ1) is 19.9. The number of hydroxylamine groups is 1. The molecule has 0 unspecified atom stereocenters. The number of nitrogens with zero attached hydrogens (tertiary/aromatic N) is 2. The van der Waals surface area contributed by atoms with Crippen molar-refractivity contribution in [3.63, 3.8) is 0 Å². The Kier molecular flexibility index (Phi) is 5.04. The van der Waals surface area contributed by atoms with Crippen LogP contribution in [0.1, 0.15) is 48.9 Å². The fraction of sp³-hybridized carbons (Fsp3) is 0.667. The van der Waals surface area contributed by atoms with Gasteiger partial charge in [0.2, 0.25) is 0 Å². The second-order valence-corrected chi connectivity index (χ2v) is 11.1. The molecule has 0 heterocycles. The molecule has 0 saturated heterocycles. The smallest absolute Gasteiger partial charge is 0.264 e. The van der Waals surface area contributed by atoms with Crippen LogP contribution < -0.4 is 0 Å². The van der Waals surface area contributed by atoms with E-state index in [4.69, 9.17) is 4.84 Å². The molecule has 4 aliphatic rings. The Morgan fingerprint density at radius 2 is 1.68 bits per heavy atom. The van der Waals surface area contributed by atoms with Gasteiger partial charge in [-0.1, -0.05) is 10.5 Å². The fourth-order valence-corrected chi connectivity index (χ4v) is 7.33. The number of benzene rings is 1. The highest BCUT2D eigenvalue weighted by Crippen LogP contribution is 2.60. The van der Waals surface area contributed by atoms with Gasteiger partial charge in [0.05, 0.1) is 12.0 Å². The molecule has 5 rings (SSSR count). The summed E-state index contributed by atoms with van der Waals surface area (Å²) in [5.74, 6) is 2.40. The SMILES string of the molecule is CON(C)S(=O)(=O)c1cccc(C(=O)N(C)CC23CC4CC(CC(C4)C2)C3)c1. The summed E-state index contributed by atoms with van der Waals surface area (Å²) >= 11 is 0. The van der Waals surface area contributed by atoms with Crippen LogP contribution in [0.3, 0.4) is 0 Å². The van der Waals surface area contributed by atoms with Gasteiger partial charge in [0.15, 0.2) is 0 Å². The normalized spacial score (nSPS) is 31.4. The summed E-state index contributed by atoms with van der Waals surface area (Å²) in [4.78, 5) is 19.8. The van der Waals surface area contributed by atoms with Crippen molar-refractivity contribution in [2.75, 3.05) is 27.7 Å². The first-order valence-electron chi connectivity index (χ1n) is 10.1. The average Bonchev–Trinajstić information content (AvgIpc) is 2.65. The van der Waals surface area contributed by atoms with Crippen LogP contribution in [0.5, 0.6) is 0 Å². The van der Waals surface area contributed by atoms with E-state index in [1.807, 2.05) is 7.05 Å². The molecule has 4 saturated carbocycles. The standard InChI is InChI=1S/C21H30N2O4S/c1-22(14-21-11-15-7-16(12-21)9-17(8-15)13-21)20(24)18-5-4-6-19(10-18)28(25,26)23(2)27-3/h4-6,10,15-17H,7-9,11-14H2,1-3H3. The zero-order valence-corrected chi connectivity index (χ0v) is 17.7. The van der Waals surface area contributed by atoms with Crippen LogP contribution in [0.4, 0.5) is 0 Å². The predicted molar refractivity (Wildman–Crippen MR) is 106 cm³/mol. The minimum absolute atomic E-state index is 0.0610. The summed E-state index contributed by atoms with van der Waals surface area (Å²) < 4.78 is 25.8. The molecule has 0 spiro atoms. The highest BCUT2D eigenvalue weighted by molar-refractivity contribution is 7.89. The van der Waals surface area contributed by atoms with Crippen molar-refractivity contribution in [1.82, 2.24) is 9.37 Å². The van der Waals surface area contributed by atoms with Crippen molar-refractivity contribution in [3.8, 4) is 0 Å². The number of rotatable bonds is 6. The van der Waals surface area contributed by atoms with Gasteiger partial charge in [-0.15, -0.1) is 0 Å². The van der Waals surface area contributed by atoms with E-state index in [9.17, 15) is 13.2 Å². The Morgan fingerprint density at radius 3 is 2.21 bits per heavy atom. The lowest BCUT2D eigenvalue weighted by Crippen LogP contribution is -2.51. The molecule has 0 atom stereocenters. The number of hydrogen-bond donors (Lipinski definition) is 0. The van der Waals surface area contributed by atoms with E-state index in [-0.39, 0.29) is 16.2 Å². The first-order valence-corrected chi connectivity index (χ1v) is 11.5. The van der Waals surface area contributed by atoms with Crippen LogP contribution in [0.25, 0.3) is 0 Å². The Labute approximate surface area is 167 Å². The van der Waals surface area contributed by atoms with Gasteiger partial charge >= 0.3 is 0 Å². The van der Waals surface area contributed by atoms with Crippen LogP contribution >= 0.6 is 0 Å². The maximum atomic E-state index is 13.1. The van der Waals surface area contributed by atoms with Crippen molar-refractivity contribution < 1.29 is 18.0 Å². The van der Waals surface area contributed by atoms with Gasteiger partial charge in [0.25, 0.3) is 15.9 Å². The lowest BCUT2D eigenvalue weighted by atomic mass is 9.49. The van der Waals surface area contributed by atoms with Crippen molar-refractivity contribution in [3.05, 3.63) is 29.8 Å². The number of sulfonamides is 1. The molecule has 0 aromatic heterocycles. The lowest BCUT2D eigenvalue weighted by molar-refractivity contribution is -0.0629. The molecule has 154 valence electrons. The molecule has 1 aromatic carbocycles. The van der Waals surface area contributed by atoms with Crippen LogP contribution in [-0.2, 0) is 14.9 Å². The van der Waals surface area contributed by atoms with Gasteiger partial charge in [-0.2, -0.15) is 0 Å². The van der Waals surface area contributed by atoms with Crippen LogP contribution in [-0.4, -0.2) is 51.4 Å². The monoisotopic (exact) mass is 406 g/mol. The first-order chi connectivity index (χ1) is 13.2. The third kappa shape index (κ3) is 3.48. The van der Waals surface area contributed by atoms with E-state index in [1.54, 1.807) is 17.0 Å². The third-order valence-electron chi connectivity index (χ3n) is 7.06. The van der Waals surface area contributed by atoms with Gasteiger partial charge in [-0.3, -0.25) is 9.63 Å². The van der Waals surface area contributed by atoms with Crippen LogP contribution in [0, 0.1) is 23.2 Å². The highest BCUT2D eigenvalue weighted by atomic mass is 32.2. The Hall–Kier alpha value is -1.44. The molecule has 4 bridgehead atoms. The zero-order chi connectivity index (χ0) is 20.1. The summed E-state index contributed by atoms with van der Waals surface area (Å²) in [5, 5.41) is 0. The quantitative estimate of drug-likeness (QED) is 0.681. The topological polar surface area (TPSA) is 66.9 Å². The molecule has 0 aliphatic heterocycles. The van der Waals surface area contributed by atoms with E-state index in [2.05, 4.69) is 0 Å². The molecule has 7 heteroatoms. The summed E-state index contributed by atoms with van der Waals surface area (Å²) in [6.07, 6.45) is 7.86. The molecule has 0 N–H and O–H groups in total. The predicted octanol–water partition coefficient (Wildman–Crippen LogP) is 3.16. The third-order valence-corrected chi connectivity index (χ3v) is 8.73. The van der Waals surface area contributed by atoms with E-state index in [0.717, 1.165) is 28.8 Å². The Balaban J connectivity index is 1.51. The molecule has 0 radical (unpaired) electrons. The molecule has 28 heavy (non-hydrogen) atoms. The summed E-state index contributed by atoms with van der Waals surface area (Å²) in [5.41, 5.74) is 0.664. The molecule has 1 amide bonds. The summed E-state index contributed by atoms with van der Waals surface area (Å²) in [7, 11) is 0.710. The zero-order valence-electron chi connectivity index (χ0n) is 16.9. The van der Waals surface area contributed by atoms with Gasteiger partial charge < -0.3 is 4.90 Å². The van der Waals surface area contributed by atoms with Gasteiger partial charge in [0, 0.05) is 26.2 Å². The average molecular weight is 407 g/mol. The maximum Gasteiger partial charge on any atom is 0.264 e. The molecular weight excluding hydrogens is 376 g/mol. The lowest BCUT2D eigenvalue weighted by Gasteiger charge is -2.57. The fourth-order valence-electron chi connectivity index (χ4n) is 6.32. The van der Waals surface area contributed by atoms with Crippen LogP contribution in [0.2, 0.25) is 0 Å². The number of carbonyl (C=O) groups is 1. The van der Waals surface area contributed by atoms with E-state index < -0.39 is 10.0 Å². The van der Waals surface area contributed by atoms with Gasteiger partial charge in [-0.05, 0) is 79.9 Å². The molecule has 4 aliphatic carbocycles. The van der Waals surface area contributed by atoms with E-state index in [1.165, 1.54) is 64.8 Å². The number of amides is 1. The Morgan fingerprint density at radius 1 is 1.11 bits per heavy atom. The van der Waals surface area contributed by atoms with Crippen molar-refractivity contribution in [2.24, 2.45) is 23.2 Å². The number of hydrogen-bond acceptors (Lipinski definition) is 4. The second-order valence-electron chi connectivity index (χ2n) is 9.20. The van der Waals surface area contributed by atoms with Crippen molar-refractivity contribution in [2.45, 2.75) is 43.4 Å². The minimum atomic E-state index is -3.77. The van der Waals surface area contributed by atoms with Crippen molar-refractivity contribution in [1.29, 1.82) is 0 Å². The van der Waals surface area contributed by atoms with Gasteiger partial charge in [-0.25, -0.2) is 8.42 Å². The summed E-state index contributed by atoms with van der Waals surface area (Å²) in [6.45, 7) is 0.768. The Bertz CT molecular complexity index is 832. The number of carbonyl (C=O) groups excluding carboxylic acids is 1. The van der Waals surface area contributed by atoms with E-state index in [0.29, 0.717) is 5.56 Å². The molecular formula is C21H30N2O4S.